The second kappa shape index (κ2) is 8.02. The summed E-state index contributed by atoms with van der Waals surface area (Å²) in [5, 5.41) is 5.88. The van der Waals surface area contributed by atoms with Gasteiger partial charge in [0.15, 0.2) is 0 Å². The summed E-state index contributed by atoms with van der Waals surface area (Å²) in [7, 11) is 1.61. The number of aromatic nitrogens is 1. The van der Waals surface area contributed by atoms with Gasteiger partial charge < -0.3 is 14.8 Å². The van der Waals surface area contributed by atoms with Gasteiger partial charge in [0.05, 0.1) is 12.6 Å². The summed E-state index contributed by atoms with van der Waals surface area (Å²) in [5.41, 5.74) is 0.629. The van der Waals surface area contributed by atoms with Gasteiger partial charge in [-0.1, -0.05) is 18.2 Å². The number of methoxy groups -OCH3 is 1. The minimum Gasteiger partial charge on any atom is -0.434 e. The lowest BCUT2D eigenvalue weighted by Crippen LogP contribution is -2.26. The smallest absolute Gasteiger partial charge is 0.387 e. The molecule has 1 atom stereocenters. The van der Waals surface area contributed by atoms with E-state index in [4.69, 9.17) is 4.74 Å². The third-order valence-corrected chi connectivity index (χ3v) is 3.64. The van der Waals surface area contributed by atoms with Crippen LogP contribution in [0.2, 0.25) is 0 Å². The van der Waals surface area contributed by atoms with Gasteiger partial charge >= 0.3 is 6.61 Å². The van der Waals surface area contributed by atoms with Crippen LogP contribution in [0.4, 0.5) is 8.78 Å². The van der Waals surface area contributed by atoms with Crippen molar-refractivity contribution < 1.29 is 18.3 Å². The van der Waals surface area contributed by atoms with Crippen LogP contribution in [0.25, 0.3) is 0 Å². The summed E-state index contributed by atoms with van der Waals surface area (Å²) < 4.78 is 34.7. The zero-order chi connectivity index (χ0) is 15.1. The van der Waals surface area contributed by atoms with Crippen molar-refractivity contribution in [2.45, 2.75) is 12.7 Å². The van der Waals surface area contributed by atoms with Gasteiger partial charge in [-0.3, -0.25) is 0 Å². The Morgan fingerprint density at radius 1 is 1.33 bits per heavy atom. The fourth-order valence-electron chi connectivity index (χ4n) is 1.93. The number of nitrogens with zero attached hydrogens (tertiary/aromatic N) is 1. The van der Waals surface area contributed by atoms with E-state index in [-0.39, 0.29) is 11.8 Å². The van der Waals surface area contributed by atoms with E-state index in [1.54, 1.807) is 31.5 Å². The van der Waals surface area contributed by atoms with Crippen LogP contribution in [0.5, 0.6) is 5.75 Å². The SMILES string of the molecule is COCCNC(c1nccs1)c1ccccc1OC(F)F. The van der Waals surface area contributed by atoms with Gasteiger partial charge in [-0.05, 0) is 6.07 Å². The van der Waals surface area contributed by atoms with E-state index in [1.807, 2.05) is 5.38 Å². The lowest BCUT2D eigenvalue weighted by molar-refractivity contribution is -0.0506. The van der Waals surface area contributed by atoms with Crippen LogP contribution < -0.4 is 10.1 Å². The number of alkyl halides is 2. The number of nitrogens with one attached hydrogen (secondary N) is 1. The summed E-state index contributed by atoms with van der Waals surface area (Å²) >= 11 is 1.45. The van der Waals surface area contributed by atoms with Crippen LogP contribution in [-0.4, -0.2) is 31.9 Å². The summed E-state index contributed by atoms with van der Waals surface area (Å²) in [6.45, 7) is -1.77. The molecular formula is C14H16F2N2O2S. The minimum atomic E-state index is -2.86. The monoisotopic (exact) mass is 314 g/mol. The Morgan fingerprint density at radius 2 is 2.14 bits per heavy atom. The first-order valence-corrected chi connectivity index (χ1v) is 7.25. The predicted octanol–water partition coefficient (Wildman–Crippen LogP) is 3.07. The molecule has 0 aliphatic heterocycles. The third-order valence-electron chi connectivity index (χ3n) is 2.80. The van der Waals surface area contributed by atoms with Crippen LogP contribution in [0.15, 0.2) is 35.8 Å². The van der Waals surface area contributed by atoms with E-state index in [0.717, 1.165) is 5.01 Å². The molecule has 0 aliphatic carbocycles. The maximum Gasteiger partial charge on any atom is 0.387 e. The molecule has 114 valence electrons. The van der Waals surface area contributed by atoms with Crippen LogP contribution in [0, 0.1) is 0 Å². The van der Waals surface area contributed by atoms with E-state index >= 15 is 0 Å². The van der Waals surface area contributed by atoms with E-state index in [9.17, 15) is 8.78 Å². The highest BCUT2D eigenvalue weighted by molar-refractivity contribution is 7.09. The molecule has 1 N–H and O–H groups in total. The number of ether oxygens (including phenoxy) is 2. The molecule has 1 unspecified atom stereocenters. The minimum absolute atomic E-state index is 0.151. The molecule has 1 heterocycles. The highest BCUT2D eigenvalue weighted by atomic mass is 32.1. The Labute approximate surface area is 125 Å². The number of hydrogen-bond acceptors (Lipinski definition) is 5. The zero-order valence-corrected chi connectivity index (χ0v) is 12.3. The van der Waals surface area contributed by atoms with Crippen LogP contribution in [-0.2, 0) is 4.74 Å². The van der Waals surface area contributed by atoms with E-state index < -0.39 is 6.61 Å². The Kier molecular flexibility index (Phi) is 6.04. The molecule has 21 heavy (non-hydrogen) atoms. The van der Waals surface area contributed by atoms with Crippen molar-refractivity contribution in [3.05, 3.63) is 46.4 Å². The molecule has 4 nitrogen and oxygen atoms in total. The van der Waals surface area contributed by atoms with Crippen LogP contribution in [0.3, 0.4) is 0 Å². The molecule has 0 fully saturated rings. The van der Waals surface area contributed by atoms with Gasteiger partial charge in [0, 0.05) is 30.8 Å². The second-order valence-corrected chi connectivity index (χ2v) is 5.09. The van der Waals surface area contributed by atoms with Gasteiger partial charge in [-0.25, -0.2) is 4.98 Å². The Balaban J connectivity index is 2.27. The van der Waals surface area contributed by atoms with Crippen molar-refractivity contribution in [1.29, 1.82) is 0 Å². The number of hydrogen-bond donors (Lipinski definition) is 1. The number of benzene rings is 1. The highest BCUT2D eigenvalue weighted by Gasteiger charge is 2.21. The Hall–Kier alpha value is -1.57. The van der Waals surface area contributed by atoms with Crippen LogP contribution >= 0.6 is 11.3 Å². The maximum atomic E-state index is 12.5. The molecule has 0 amide bonds. The summed E-state index contributed by atoms with van der Waals surface area (Å²) in [4.78, 5) is 4.26. The summed E-state index contributed by atoms with van der Waals surface area (Å²) in [6.07, 6.45) is 1.68. The van der Waals surface area contributed by atoms with Gasteiger partial charge in [0.25, 0.3) is 0 Å². The molecule has 0 bridgehead atoms. The number of para-hydroxylation sites is 1. The molecule has 0 saturated carbocycles. The van der Waals surface area contributed by atoms with Crippen molar-refractivity contribution in [2.75, 3.05) is 20.3 Å². The normalized spacial score (nSPS) is 12.6. The average Bonchev–Trinajstić information content (AvgIpc) is 2.98. The fraction of sp³-hybridized carbons (Fsp3) is 0.357. The quantitative estimate of drug-likeness (QED) is 0.761. The molecular weight excluding hydrogens is 298 g/mol. The average molecular weight is 314 g/mol. The molecule has 1 aromatic carbocycles. The fourth-order valence-corrected chi connectivity index (χ4v) is 2.66. The van der Waals surface area contributed by atoms with Gasteiger partial charge in [-0.15, -0.1) is 11.3 Å². The van der Waals surface area contributed by atoms with Crippen LogP contribution in [0.1, 0.15) is 16.6 Å². The van der Waals surface area contributed by atoms with Crippen molar-refractivity contribution in [3.63, 3.8) is 0 Å². The Bertz CT molecular complexity index is 538. The number of halogens is 2. The molecule has 1 aromatic heterocycles. The number of thiazole rings is 1. The Morgan fingerprint density at radius 3 is 2.81 bits per heavy atom. The van der Waals surface area contributed by atoms with Gasteiger partial charge in [0.2, 0.25) is 0 Å². The molecule has 2 rings (SSSR count). The molecule has 0 spiro atoms. The first-order chi connectivity index (χ1) is 10.2. The third kappa shape index (κ3) is 4.45. The summed E-state index contributed by atoms with van der Waals surface area (Å²) in [6, 6.07) is 6.42. The van der Waals surface area contributed by atoms with E-state index in [1.165, 1.54) is 17.4 Å². The molecule has 2 aromatic rings. The number of rotatable bonds is 8. The molecule has 0 radical (unpaired) electrons. The summed E-state index contributed by atoms with van der Waals surface area (Å²) in [5.74, 6) is 0.151. The van der Waals surface area contributed by atoms with Crippen molar-refractivity contribution in [3.8, 4) is 5.75 Å². The van der Waals surface area contributed by atoms with E-state index in [2.05, 4.69) is 15.0 Å². The van der Waals surface area contributed by atoms with Gasteiger partial charge in [0.1, 0.15) is 10.8 Å². The van der Waals surface area contributed by atoms with Crippen molar-refractivity contribution in [1.82, 2.24) is 10.3 Å². The maximum absolute atomic E-state index is 12.5. The molecule has 0 aliphatic rings. The predicted molar refractivity (Wildman–Crippen MR) is 76.9 cm³/mol. The molecule has 7 heteroatoms. The molecule has 0 saturated heterocycles. The highest BCUT2D eigenvalue weighted by Crippen LogP contribution is 2.31. The lowest BCUT2D eigenvalue weighted by atomic mass is 10.1. The first-order valence-electron chi connectivity index (χ1n) is 6.38. The van der Waals surface area contributed by atoms with Gasteiger partial charge in [-0.2, -0.15) is 8.78 Å². The van der Waals surface area contributed by atoms with E-state index in [0.29, 0.717) is 18.7 Å². The first kappa shape index (κ1) is 15.8. The second-order valence-electron chi connectivity index (χ2n) is 4.17. The largest absolute Gasteiger partial charge is 0.434 e. The standard InChI is InChI=1S/C14H16F2N2O2S/c1-19-8-6-17-12(13-18-7-9-21-13)10-4-2-3-5-11(10)20-14(15)16/h2-5,7,9,12,14,17H,6,8H2,1H3. The van der Waals surface area contributed by atoms with Crippen molar-refractivity contribution >= 4 is 11.3 Å². The zero-order valence-electron chi connectivity index (χ0n) is 11.5. The topological polar surface area (TPSA) is 43.4 Å². The lowest BCUT2D eigenvalue weighted by Gasteiger charge is -2.20. The van der Waals surface area contributed by atoms with Crippen molar-refractivity contribution in [2.24, 2.45) is 0 Å².